The number of nitriles is 1. The fraction of sp³-hybridized carbons (Fsp3) is 0.0714. The second kappa shape index (κ2) is 5.65. The molecule has 5 nitrogen and oxygen atoms in total. The van der Waals surface area contributed by atoms with Crippen LogP contribution in [0.4, 0.5) is 5.69 Å². The lowest BCUT2D eigenvalue weighted by atomic mass is 10.2. The number of aromatic nitrogens is 1. The van der Waals surface area contributed by atoms with Crippen LogP contribution in [-0.4, -0.2) is 18.0 Å². The van der Waals surface area contributed by atoms with Crippen molar-refractivity contribution in [2.45, 2.75) is 0 Å². The minimum Gasteiger partial charge on any atom is -0.495 e. The quantitative estimate of drug-likeness (QED) is 0.910. The number of nitrogens with one attached hydrogen (secondary N) is 1. The summed E-state index contributed by atoms with van der Waals surface area (Å²) in [6.45, 7) is 0. The zero-order valence-electron chi connectivity index (χ0n) is 10.3. The molecule has 0 atom stereocenters. The van der Waals surface area contributed by atoms with Crippen molar-refractivity contribution >= 4 is 11.6 Å². The summed E-state index contributed by atoms with van der Waals surface area (Å²) < 4.78 is 5.14. The van der Waals surface area contributed by atoms with Gasteiger partial charge in [0, 0.05) is 12.4 Å². The highest BCUT2D eigenvalue weighted by Gasteiger charge is 2.10. The Morgan fingerprint density at radius 3 is 2.89 bits per heavy atom. The van der Waals surface area contributed by atoms with Crippen molar-refractivity contribution in [1.29, 1.82) is 5.26 Å². The van der Waals surface area contributed by atoms with Gasteiger partial charge in [0.25, 0.3) is 5.91 Å². The van der Waals surface area contributed by atoms with Crippen molar-refractivity contribution < 1.29 is 9.53 Å². The molecule has 2 aromatic rings. The Labute approximate surface area is 110 Å². The molecule has 1 amide bonds. The van der Waals surface area contributed by atoms with Gasteiger partial charge in [-0.3, -0.25) is 9.78 Å². The third kappa shape index (κ3) is 2.87. The molecule has 0 unspecified atom stereocenters. The molecular formula is C14H11N3O2. The summed E-state index contributed by atoms with van der Waals surface area (Å²) in [6, 6.07) is 10.2. The fourth-order valence-electron chi connectivity index (χ4n) is 1.57. The van der Waals surface area contributed by atoms with Gasteiger partial charge in [0.15, 0.2) is 0 Å². The van der Waals surface area contributed by atoms with E-state index < -0.39 is 0 Å². The van der Waals surface area contributed by atoms with Crippen LogP contribution in [0.1, 0.15) is 15.9 Å². The molecular weight excluding hydrogens is 242 g/mol. The van der Waals surface area contributed by atoms with E-state index in [4.69, 9.17) is 10.00 Å². The number of hydrogen-bond acceptors (Lipinski definition) is 4. The van der Waals surface area contributed by atoms with Gasteiger partial charge >= 0.3 is 0 Å². The van der Waals surface area contributed by atoms with E-state index in [1.165, 1.54) is 13.3 Å². The normalized spacial score (nSPS) is 9.47. The van der Waals surface area contributed by atoms with Crippen LogP contribution < -0.4 is 10.1 Å². The number of methoxy groups -OCH3 is 1. The standard InChI is InChI=1S/C14H11N3O2/c1-19-13-5-4-10(8-15)7-12(13)17-14(18)11-3-2-6-16-9-11/h2-7,9H,1H3,(H,17,18). The van der Waals surface area contributed by atoms with Crippen LogP contribution in [0.25, 0.3) is 0 Å². The molecule has 5 heteroatoms. The number of anilines is 1. The Kier molecular flexibility index (Phi) is 3.74. The molecule has 2 rings (SSSR count). The molecule has 0 aliphatic carbocycles. The average molecular weight is 253 g/mol. The van der Waals surface area contributed by atoms with Crippen LogP contribution in [0.3, 0.4) is 0 Å². The molecule has 0 aliphatic heterocycles. The van der Waals surface area contributed by atoms with Crippen LogP contribution in [0.2, 0.25) is 0 Å². The number of pyridine rings is 1. The lowest BCUT2D eigenvalue weighted by Gasteiger charge is -2.10. The van der Waals surface area contributed by atoms with Crippen LogP contribution >= 0.6 is 0 Å². The number of carbonyl (C=O) groups excluding carboxylic acids is 1. The largest absolute Gasteiger partial charge is 0.495 e. The topological polar surface area (TPSA) is 75.0 Å². The zero-order chi connectivity index (χ0) is 13.7. The van der Waals surface area contributed by atoms with Crippen molar-refractivity contribution in [2.24, 2.45) is 0 Å². The molecule has 0 saturated carbocycles. The maximum atomic E-state index is 12.0. The monoisotopic (exact) mass is 253 g/mol. The highest BCUT2D eigenvalue weighted by atomic mass is 16.5. The summed E-state index contributed by atoms with van der Waals surface area (Å²) in [5.41, 5.74) is 1.34. The van der Waals surface area contributed by atoms with E-state index in [1.807, 2.05) is 6.07 Å². The Balaban J connectivity index is 2.28. The molecule has 1 N–H and O–H groups in total. The van der Waals surface area contributed by atoms with Gasteiger partial charge in [0.2, 0.25) is 0 Å². The minimum atomic E-state index is -0.304. The van der Waals surface area contributed by atoms with Gasteiger partial charge in [0.1, 0.15) is 5.75 Å². The summed E-state index contributed by atoms with van der Waals surface area (Å²) in [5.74, 6) is 0.192. The average Bonchev–Trinajstić information content (AvgIpc) is 2.48. The van der Waals surface area contributed by atoms with Gasteiger partial charge in [0.05, 0.1) is 30.0 Å². The molecule has 1 heterocycles. The first-order valence-electron chi connectivity index (χ1n) is 5.54. The predicted molar refractivity (Wildman–Crippen MR) is 69.9 cm³/mol. The second-order valence-corrected chi connectivity index (χ2v) is 3.72. The Morgan fingerprint density at radius 1 is 1.42 bits per heavy atom. The van der Waals surface area contributed by atoms with Crippen molar-refractivity contribution in [2.75, 3.05) is 12.4 Å². The molecule has 1 aromatic heterocycles. The molecule has 0 radical (unpaired) electrons. The maximum Gasteiger partial charge on any atom is 0.257 e. The number of carbonyl (C=O) groups is 1. The molecule has 0 saturated heterocycles. The molecule has 0 aliphatic rings. The zero-order valence-corrected chi connectivity index (χ0v) is 10.3. The predicted octanol–water partition coefficient (Wildman–Crippen LogP) is 2.21. The van der Waals surface area contributed by atoms with E-state index in [0.29, 0.717) is 22.6 Å². The molecule has 19 heavy (non-hydrogen) atoms. The van der Waals surface area contributed by atoms with E-state index in [9.17, 15) is 4.79 Å². The van der Waals surface area contributed by atoms with Crippen LogP contribution in [0, 0.1) is 11.3 Å². The van der Waals surface area contributed by atoms with E-state index in [-0.39, 0.29) is 5.91 Å². The highest BCUT2D eigenvalue weighted by molar-refractivity contribution is 6.04. The third-order valence-electron chi connectivity index (χ3n) is 2.50. The SMILES string of the molecule is COc1ccc(C#N)cc1NC(=O)c1cccnc1. The summed E-state index contributed by atoms with van der Waals surface area (Å²) >= 11 is 0. The number of ether oxygens (including phenoxy) is 1. The van der Waals surface area contributed by atoms with Crippen molar-refractivity contribution in [1.82, 2.24) is 4.98 Å². The first-order chi connectivity index (χ1) is 9.24. The first-order valence-corrected chi connectivity index (χ1v) is 5.54. The second-order valence-electron chi connectivity index (χ2n) is 3.72. The number of amides is 1. The van der Waals surface area contributed by atoms with Gasteiger partial charge in [-0.2, -0.15) is 5.26 Å². The van der Waals surface area contributed by atoms with E-state index in [1.54, 1.807) is 36.5 Å². The summed E-state index contributed by atoms with van der Waals surface area (Å²) in [6.07, 6.45) is 3.06. The van der Waals surface area contributed by atoms with Gasteiger partial charge < -0.3 is 10.1 Å². The molecule has 1 aromatic carbocycles. The Hall–Kier alpha value is -2.87. The van der Waals surface area contributed by atoms with Crippen molar-refractivity contribution in [3.05, 3.63) is 53.9 Å². The van der Waals surface area contributed by atoms with Gasteiger partial charge in [-0.1, -0.05) is 0 Å². The summed E-state index contributed by atoms with van der Waals surface area (Å²) in [5, 5.41) is 11.6. The van der Waals surface area contributed by atoms with Crippen LogP contribution in [0.5, 0.6) is 5.75 Å². The lowest BCUT2D eigenvalue weighted by Crippen LogP contribution is -2.12. The first kappa shape index (κ1) is 12.6. The lowest BCUT2D eigenvalue weighted by molar-refractivity contribution is 0.102. The molecule has 94 valence electrons. The van der Waals surface area contributed by atoms with E-state index >= 15 is 0 Å². The minimum absolute atomic E-state index is 0.304. The maximum absolute atomic E-state index is 12.0. The number of nitrogens with zero attached hydrogens (tertiary/aromatic N) is 2. The van der Waals surface area contributed by atoms with Crippen LogP contribution in [-0.2, 0) is 0 Å². The van der Waals surface area contributed by atoms with Crippen molar-refractivity contribution in [3.8, 4) is 11.8 Å². The van der Waals surface area contributed by atoms with Crippen molar-refractivity contribution in [3.63, 3.8) is 0 Å². The third-order valence-corrected chi connectivity index (χ3v) is 2.50. The van der Waals surface area contributed by atoms with Gasteiger partial charge in [-0.05, 0) is 30.3 Å². The Morgan fingerprint density at radius 2 is 2.26 bits per heavy atom. The fourth-order valence-corrected chi connectivity index (χ4v) is 1.57. The highest BCUT2D eigenvalue weighted by Crippen LogP contribution is 2.25. The number of benzene rings is 1. The molecule has 0 fully saturated rings. The van der Waals surface area contributed by atoms with Gasteiger partial charge in [-0.15, -0.1) is 0 Å². The molecule has 0 bridgehead atoms. The van der Waals surface area contributed by atoms with E-state index in [2.05, 4.69) is 10.3 Å². The summed E-state index contributed by atoms with van der Waals surface area (Å²) in [7, 11) is 1.50. The van der Waals surface area contributed by atoms with Crippen LogP contribution in [0.15, 0.2) is 42.7 Å². The number of hydrogen-bond donors (Lipinski definition) is 1. The van der Waals surface area contributed by atoms with E-state index in [0.717, 1.165) is 0 Å². The molecule has 0 spiro atoms. The number of rotatable bonds is 3. The smallest absolute Gasteiger partial charge is 0.257 e. The summed E-state index contributed by atoms with van der Waals surface area (Å²) in [4.78, 5) is 15.9. The Bertz CT molecular complexity index is 633. The van der Waals surface area contributed by atoms with Gasteiger partial charge in [-0.25, -0.2) is 0 Å².